The molecule has 1 aliphatic carbocycles. The molecule has 1 aliphatic heterocycles. The van der Waals surface area contributed by atoms with Crippen molar-refractivity contribution in [1.82, 2.24) is 24.9 Å². The number of nitrogens with zero attached hydrogens (tertiary/aromatic N) is 6. The van der Waals surface area contributed by atoms with E-state index in [-0.39, 0.29) is 29.4 Å². The molecule has 5 rings (SSSR count). The maximum Gasteiger partial charge on any atom is 0.419 e. The summed E-state index contributed by atoms with van der Waals surface area (Å²) in [4.78, 5) is 10.9. The van der Waals surface area contributed by atoms with Gasteiger partial charge in [0, 0.05) is 19.1 Å². The molecule has 2 bridgehead atoms. The van der Waals surface area contributed by atoms with Gasteiger partial charge < -0.3 is 19.5 Å². The Morgan fingerprint density at radius 2 is 1.81 bits per heavy atom. The fourth-order valence-electron chi connectivity index (χ4n) is 5.06. The predicted molar refractivity (Wildman–Crippen MR) is 121 cm³/mol. The van der Waals surface area contributed by atoms with E-state index in [0.29, 0.717) is 35.7 Å². The molecule has 1 saturated heterocycles. The Morgan fingerprint density at radius 1 is 1.11 bits per heavy atom. The second-order valence-corrected chi connectivity index (χ2v) is 9.75. The molecule has 0 spiro atoms. The number of nitrogens with one attached hydrogen (secondary N) is 1. The van der Waals surface area contributed by atoms with E-state index in [0.717, 1.165) is 25.9 Å². The number of benzene rings is 1. The van der Waals surface area contributed by atoms with Crippen LogP contribution in [0.4, 0.5) is 29.5 Å². The van der Waals surface area contributed by atoms with Gasteiger partial charge >= 0.3 is 18.2 Å². The van der Waals surface area contributed by atoms with Gasteiger partial charge in [-0.2, -0.15) is 23.1 Å². The molecule has 2 unspecified atom stereocenters. The van der Waals surface area contributed by atoms with Crippen LogP contribution in [0.2, 0.25) is 0 Å². The average Bonchev–Trinajstić information content (AvgIpc) is 3.46. The number of hydrogen-bond acceptors (Lipinski definition) is 8. The Balaban J connectivity index is 1.36. The molecule has 1 aromatic carbocycles. The molecular formula is C23H27F4N7O2. The molecule has 3 aromatic rings. The van der Waals surface area contributed by atoms with Crippen molar-refractivity contribution in [2.45, 2.75) is 58.8 Å². The van der Waals surface area contributed by atoms with Gasteiger partial charge in [0.15, 0.2) is 5.82 Å². The Kier molecular flexibility index (Phi) is 6.03. The van der Waals surface area contributed by atoms with Gasteiger partial charge in [-0.15, -0.1) is 5.10 Å². The van der Waals surface area contributed by atoms with Crippen LogP contribution in [-0.2, 0) is 6.18 Å². The highest BCUT2D eigenvalue weighted by atomic mass is 19.4. The van der Waals surface area contributed by atoms with Crippen molar-refractivity contribution in [2.24, 2.45) is 11.8 Å². The van der Waals surface area contributed by atoms with E-state index in [1.165, 1.54) is 17.7 Å². The van der Waals surface area contributed by atoms with Gasteiger partial charge in [0.1, 0.15) is 11.6 Å². The summed E-state index contributed by atoms with van der Waals surface area (Å²) in [5, 5.41) is 11.8. The van der Waals surface area contributed by atoms with Crippen molar-refractivity contribution in [3.8, 4) is 11.8 Å². The van der Waals surface area contributed by atoms with E-state index in [1.54, 1.807) is 6.92 Å². The summed E-state index contributed by atoms with van der Waals surface area (Å²) in [6.07, 6.45) is -2.80. The molecule has 2 aromatic heterocycles. The minimum absolute atomic E-state index is 0.0257. The van der Waals surface area contributed by atoms with Gasteiger partial charge in [0.25, 0.3) is 0 Å². The summed E-state index contributed by atoms with van der Waals surface area (Å²) in [5.41, 5.74) is -1.56. The molecule has 1 saturated carbocycles. The number of alkyl halides is 3. The van der Waals surface area contributed by atoms with Crippen LogP contribution in [-0.4, -0.2) is 44.0 Å². The molecule has 36 heavy (non-hydrogen) atoms. The first kappa shape index (κ1) is 24.3. The van der Waals surface area contributed by atoms with Gasteiger partial charge in [0.2, 0.25) is 5.95 Å². The van der Waals surface area contributed by atoms with Crippen molar-refractivity contribution in [3.05, 3.63) is 34.9 Å². The summed E-state index contributed by atoms with van der Waals surface area (Å²) in [6.45, 7) is 8.25. The smallest absolute Gasteiger partial charge is 0.419 e. The Bertz CT molecular complexity index is 1240. The lowest BCUT2D eigenvalue weighted by Crippen LogP contribution is -2.48. The third-order valence-corrected chi connectivity index (χ3v) is 6.75. The van der Waals surface area contributed by atoms with E-state index >= 15 is 0 Å². The van der Waals surface area contributed by atoms with Gasteiger partial charge in [-0.1, -0.05) is 5.16 Å². The number of ether oxygens (including phenoxy) is 1. The van der Waals surface area contributed by atoms with Crippen molar-refractivity contribution >= 4 is 12.0 Å². The van der Waals surface area contributed by atoms with Crippen molar-refractivity contribution < 1.29 is 26.8 Å². The second kappa shape index (κ2) is 8.93. The zero-order valence-corrected chi connectivity index (χ0v) is 20.3. The number of piperidine rings is 1. The number of halogens is 4. The Hall–Kier alpha value is -3.38. The number of anilines is 2. The molecule has 2 aliphatic rings. The molecule has 0 radical (unpaired) electrons. The summed E-state index contributed by atoms with van der Waals surface area (Å²) < 4.78 is 66.4. The number of fused-ring (bicyclic) bond motifs is 2. The van der Waals surface area contributed by atoms with E-state index < -0.39 is 17.6 Å². The highest BCUT2D eigenvalue weighted by Gasteiger charge is 2.44. The predicted octanol–water partition coefficient (Wildman–Crippen LogP) is 5.14. The molecular weight excluding hydrogens is 482 g/mol. The highest BCUT2D eigenvalue weighted by molar-refractivity contribution is 5.39. The van der Waals surface area contributed by atoms with Crippen LogP contribution >= 0.6 is 0 Å². The minimum Gasteiger partial charge on any atom is -0.424 e. The van der Waals surface area contributed by atoms with Crippen LogP contribution in [0.1, 0.15) is 49.7 Å². The SMILES string of the molecule is Cc1noc(N2CC3CCC(C2)C3Nc2nc(Oc3cc(C)c(F)c(C(F)(F)F)c3)n(C(C)C)n2)n1. The fraction of sp³-hybridized carbons (Fsp3) is 0.565. The van der Waals surface area contributed by atoms with E-state index in [9.17, 15) is 17.6 Å². The highest BCUT2D eigenvalue weighted by Crippen LogP contribution is 2.40. The third kappa shape index (κ3) is 4.58. The zero-order chi connectivity index (χ0) is 25.8. The molecule has 13 heteroatoms. The van der Waals surface area contributed by atoms with E-state index in [2.05, 4.69) is 30.4 Å². The minimum atomic E-state index is -4.85. The summed E-state index contributed by atoms with van der Waals surface area (Å²) in [5.74, 6) is 0.0518. The zero-order valence-electron chi connectivity index (χ0n) is 20.3. The first-order valence-corrected chi connectivity index (χ1v) is 11.8. The number of aryl methyl sites for hydroxylation is 2. The summed E-state index contributed by atoms with van der Waals surface area (Å²) >= 11 is 0. The van der Waals surface area contributed by atoms with E-state index in [4.69, 9.17) is 9.26 Å². The lowest BCUT2D eigenvalue weighted by Gasteiger charge is -2.37. The van der Waals surface area contributed by atoms with Gasteiger partial charge in [-0.3, -0.25) is 0 Å². The monoisotopic (exact) mass is 509 g/mol. The van der Waals surface area contributed by atoms with Gasteiger partial charge in [-0.25, -0.2) is 9.07 Å². The van der Waals surface area contributed by atoms with Crippen LogP contribution in [0.15, 0.2) is 16.7 Å². The molecule has 3 heterocycles. The normalized spacial score (nSPS) is 21.9. The summed E-state index contributed by atoms with van der Waals surface area (Å²) in [7, 11) is 0. The molecule has 194 valence electrons. The third-order valence-electron chi connectivity index (χ3n) is 6.75. The van der Waals surface area contributed by atoms with Crippen molar-refractivity contribution in [3.63, 3.8) is 0 Å². The van der Waals surface area contributed by atoms with Crippen molar-refractivity contribution in [2.75, 3.05) is 23.3 Å². The first-order chi connectivity index (χ1) is 17.0. The number of rotatable bonds is 6. The largest absolute Gasteiger partial charge is 0.424 e. The molecule has 2 atom stereocenters. The summed E-state index contributed by atoms with van der Waals surface area (Å²) in [6, 6.07) is 2.35. The van der Waals surface area contributed by atoms with E-state index in [1.807, 2.05) is 13.8 Å². The van der Waals surface area contributed by atoms with Crippen LogP contribution < -0.4 is 15.0 Å². The van der Waals surface area contributed by atoms with Crippen LogP contribution in [0.5, 0.6) is 11.8 Å². The van der Waals surface area contributed by atoms with Crippen LogP contribution in [0.25, 0.3) is 0 Å². The maximum atomic E-state index is 14.1. The molecule has 1 N–H and O–H groups in total. The number of aromatic nitrogens is 5. The second-order valence-electron chi connectivity index (χ2n) is 9.75. The molecule has 0 amide bonds. The quantitative estimate of drug-likeness (QED) is 0.457. The van der Waals surface area contributed by atoms with Gasteiger partial charge in [0.05, 0.1) is 11.6 Å². The van der Waals surface area contributed by atoms with Gasteiger partial charge in [-0.05, 0) is 70.1 Å². The lowest BCUT2D eigenvalue weighted by molar-refractivity contribution is -0.140. The topological polar surface area (TPSA) is 94.1 Å². The Labute approximate surface area is 204 Å². The first-order valence-electron chi connectivity index (χ1n) is 11.8. The average molecular weight is 510 g/mol. The fourth-order valence-corrected chi connectivity index (χ4v) is 5.06. The Morgan fingerprint density at radius 3 is 2.39 bits per heavy atom. The standard InChI is InChI=1S/C23H27F4N7O2/c1-11(2)34-22(35-16-7-12(3)18(24)17(8-16)23(25,26)27)30-20(31-34)29-19-14-5-6-15(19)10-33(9-14)21-28-13(4)32-36-21/h7-8,11,14-15,19H,5-6,9-10H2,1-4H3,(H,29,31). The lowest BCUT2D eigenvalue weighted by atomic mass is 9.92. The van der Waals surface area contributed by atoms with Crippen LogP contribution in [0.3, 0.4) is 0 Å². The number of hydrogen-bond donors (Lipinski definition) is 1. The van der Waals surface area contributed by atoms with Crippen molar-refractivity contribution in [1.29, 1.82) is 0 Å². The maximum absolute atomic E-state index is 14.1. The molecule has 9 nitrogen and oxygen atoms in total. The molecule has 2 fully saturated rings. The van der Waals surface area contributed by atoms with Crippen LogP contribution in [0, 0.1) is 31.5 Å².